The minimum absolute atomic E-state index is 0.0109. The van der Waals surface area contributed by atoms with Crippen molar-refractivity contribution in [3.05, 3.63) is 64.7 Å². The summed E-state index contributed by atoms with van der Waals surface area (Å²) in [6.45, 7) is 7.01. The monoisotopic (exact) mass is 347 g/mol. The number of carbonyl (C=O) groups excluding carboxylic acids is 1. The van der Waals surface area contributed by atoms with Crippen LogP contribution in [0.2, 0.25) is 5.02 Å². The summed E-state index contributed by atoms with van der Waals surface area (Å²) in [4.78, 5) is 10.7. The second-order valence-corrected chi connectivity index (χ2v) is 5.99. The molecule has 130 valence electrons. The van der Waals surface area contributed by atoms with E-state index < -0.39 is 0 Å². The first-order valence-corrected chi connectivity index (χ1v) is 8.57. The van der Waals surface area contributed by atoms with Crippen LogP contribution >= 0.6 is 11.6 Å². The van der Waals surface area contributed by atoms with Crippen molar-refractivity contribution in [2.45, 2.75) is 40.2 Å². The highest BCUT2D eigenvalue weighted by molar-refractivity contribution is 6.30. The van der Waals surface area contributed by atoms with Crippen LogP contribution in [0.1, 0.15) is 37.8 Å². The fourth-order valence-electron chi connectivity index (χ4n) is 1.87. The SMILES string of the molecule is CCCCOc1ccc(CNC(C)=O)cc1.Cc1cccc(Cl)c1. The van der Waals surface area contributed by atoms with Gasteiger partial charge in [-0.25, -0.2) is 0 Å². The van der Waals surface area contributed by atoms with E-state index in [1.54, 1.807) is 0 Å². The summed E-state index contributed by atoms with van der Waals surface area (Å²) in [7, 11) is 0. The molecule has 0 saturated carbocycles. The molecule has 1 amide bonds. The molecule has 0 saturated heterocycles. The van der Waals surface area contributed by atoms with Gasteiger partial charge in [0.15, 0.2) is 0 Å². The Hall–Kier alpha value is -2.00. The van der Waals surface area contributed by atoms with E-state index in [1.165, 1.54) is 12.5 Å². The van der Waals surface area contributed by atoms with E-state index in [4.69, 9.17) is 16.3 Å². The van der Waals surface area contributed by atoms with Crippen molar-refractivity contribution in [3.8, 4) is 5.75 Å². The smallest absolute Gasteiger partial charge is 0.217 e. The van der Waals surface area contributed by atoms with Gasteiger partial charge in [0, 0.05) is 18.5 Å². The van der Waals surface area contributed by atoms with Crippen molar-refractivity contribution in [1.29, 1.82) is 0 Å². The zero-order chi connectivity index (χ0) is 17.8. The molecule has 0 aromatic heterocycles. The number of ether oxygens (including phenoxy) is 1. The zero-order valence-electron chi connectivity index (χ0n) is 14.6. The molecule has 0 spiro atoms. The Kier molecular flexibility index (Phi) is 9.62. The fourth-order valence-corrected chi connectivity index (χ4v) is 2.11. The molecule has 1 N–H and O–H groups in total. The molecule has 0 aliphatic heterocycles. The van der Waals surface area contributed by atoms with E-state index in [9.17, 15) is 4.79 Å². The van der Waals surface area contributed by atoms with Gasteiger partial charge in [-0.05, 0) is 48.7 Å². The number of carbonyl (C=O) groups is 1. The van der Waals surface area contributed by atoms with Crippen molar-refractivity contribution in [3.63, 3.8) is 0 Å². The highest BCUT2D eigenvalue weighted by atomic mass is 35.5. The quantitative estimate of drug-likeness (QED) is 0.734. The van der Waals surface area contributed by atoms with Crippen LogP contribution in [0.25, 0.3) is 0 Å². The normalized spacial score (nSPS) is 9.67. The minimum Gasteiger partial charge on any atom is -0.494 e. The van der Waals surface area contributed by atoms with Crippen molar-refractivity contribution in [2.24, 2.45) is 0 Å². The van der Waals surface area contributed by atoms with Crippen LogP contribution in [0.4, 0.5) is 0 Å². The van der Waals surface area contributed by atoms with E-state index in [0.29, 0.717) is 6.54 Å². The summed E-state index contributed by atoms with van der Waals surface area (Å²) < 4.78 is 5.54. The topological polar surface area (TPSA) is 38.3 Å². The van der Waals surface area contributed by atoms with Gasteiger partial charge in [-0.15, -0.1) is 0 Å². The molecule has 0 atom stereocenters. The molecule has 0 unspecified atom stereocenters. The number of aryl methyl sites for hydroxylation is 1. The van der Waals surface area contributed by atoms with E-state index >= 15 is 0 Å². The van der Waals surface area contributed by atoms with Gasteiger partial charge in [0.2, 0.25) is 5.91 Å². The Morgan fingerprint density at radius 1 is 1.17 bits per heavy atom. The van der Waals surface area contributed by atoms with Gasteiger partial charge < -0.3 is 10.1 Å². The summed E-state index contributed by atoms with van der Waals surface area (Å²) in [6, 6.07) is 15.6. The maximum absolute atomic E-state index is 10.7. The molecule has 0 radical (unpaired) electrons. The molecule has 0 aliphatic rings. The van der Waals surface area contributed by atoms with Gasteiger partial charge in [0.1, 0.15) is 5.75 Å². The molecule has 4 heteroatoms. The molecule has 3 nitrogen and oxygen atoms in total. The number of unbranched alkanes of at least 4 members (excludes halogenated alkanes) is 1. The first kappa shape index (κ1) is 20.0. The Labute approximate surface area is 150 Å². The molecule has 0 heterocycles. The lowest BCUT2D eigenvalue weighted by atomic mass is 10.2. The highest BCUT2D eigenvalue weighted by Gasteiger charge is 1.96. The first-order valence-electron chi connectivity index (χ1n) is 8.19. The molecule has 24 heavy (non-hydrogen) atoms. The minimum atomic E-state index is -0.0109. The molecule has 0 fully saturated rings. The summed E-state index contributed by atoms with van der Waals surface area (Å²) in [5.74, 6) is 0.878. The number of hydrogen-bond acceptors (Lipinski definition) is 2. The number of hydrogen-bond donors (Lipinski definition) is 1. The first-order chi connectivity index (χ1) is 11.5. The van der Waals surface area contributed by atoms with Crippen LogP contribution in [0.5, 0.6) is 5.75 Å². The molecule has 2 aromatic rings. The van der Waals surface area contributed by atoms with Crippen molar-refractivity contribution in [2.75, 3.05) is 6.61 Å². The van der Waals surface area contributed by atoms with E-state index in [2.05, 4.69) is 12.2 Å². The number of amides is 1. The third kappa shape index (κ3) is 9.21. The van der Waals surface area contributed by atoms with E-state index in [0.717, 1.165) is 35.8 Å². The summed E-state index contributed by atoms with van der Waals surface area (Å²) >= 11 is 5.64. The van der Waals surface area contributed by atoms with Crippen molar-refractivity contribution < 1.29 is 9.53 Å². The maximum Gasteiger partial charge on any atom is 0.217 e. The third-order valence-corrected chi connectivity index (χ3v) is 3.45. The van der Waals surface area contributed by atoms with Crippen molar-refractivity contribution >= 4 is 17.5 Å². The van der Waals surface area contributed by atoms with Crippen LogP contribution in [0, 0.1) is 6.92 Å². The lowest BCUT2D eigenvalue weighted by Gasteiger charge is -2.06. The standard InChI is InChI=1S/C13H19NO2.C7H7Cl/c1-3-4-9-16-13-7-5-12(6-8-13)10-14-11(2)15;1-6-3-2-4-7(8)5-6/h5-8H,3-4,9-10H2,1-2H3,(H,14,15);2-5H,1H3. The van der Waals surface area contributed by atoms with Gasteiger partial charge in [0.05, 0.1) is 6.61 Å². The number of benzene rings is 2. The maximum atomic E-state index is 10.7. The zero-order valence-corrected chi connectivity index (χ0v) is 15.4. The van der Waals surface area contributed by atoms with Crippen LogP contribution in [0.3, 0.4) is 0 Å². The van der Waals surface area contributed by atoms with Crippen molar-refractivity contribution in [1.82, 2.24) is 5.32 Å². The molecule has 0 bridgehead atoms. The average molecular weight is 348 g/mol. The second kappa shape index (κ2) is 11.5. The Morgan fingerprint density at radius 3 is 2.38 bits per heavy atom. The van der Waals surface area contributed by atoms with Crippen LogP contribution < -0.4 is 10.1 Å². The lowest BCUT2D eigenvalue weighted by molar-refractivity contribution is -0.119. The van der Waals surface area contributed by atoms with Gasteiger partial charge >= 0.3 is 0 Å². The summed E-state index contributed by atoms with van der Waals surface area (Å²) in [6.07, 6.45) is 2.22. The third-order valence-electron chi connectivity index (χ3n) is 3.21. The van der Waals surface area contributed by atoms with Crippen LogP contribution in [-0.4, -0.2) is 12.5 Å². The number of rotatable bonds is 6. The summed E-state index contributed by atoms with van der Waals surface area (Å²) in [5, 5.41) is 3.56. The van der Waals surface area contributed by atoms with Gasteiger partial charge in [-0.2, -0.15) is 0 Å². The van der Waals surface area contributed by atoms with E-state index in [-0.39, 0.29) is 5.91 Å². The lowest BCUT2D eigenvalue weighted by Crippen LogP contribution is -2.18. The number of halogens is 1. The van der Waals surface area contributed by atoms with Gasteiger partial charge in [-0.1, -0.05) is 49.2 Å². The largest absolute Gasteiger partial charge is 0.494 e. The van der Waals surface area contributed by atoms with E-state index in [1.807, 2.05) is 55.5 Å². The molecular formula is C20H26ClNO2. The predicted octanol–water partition coefficient (Wildman–Crippen LogP) is 5.15. The Morgan fingerprint density at radius 2 is 1.88 bits per heavy atom. The molecular weight excluding hydrogens is 322 g/mol. The van der Waals surface area contributed by atoms with Gasteiger partial charge in [-0.3, -0.25) is 4.79 Å². The molecule has 2 rings (SSSR count). The molecule has 2 aromatic carbocycles. The molecule has 0 aliphatic carbocycles. The van der Waals surface area contributed by atoms with Crippen LogP contribution in [0.15, 0.2) is 48.5 Å². The fraction of sp³-hybridized carbons (Fsp3) is 0.350. The average Bonchev–Trinajstić information content (AvgIpc) is 2.55. The van der Waals surface area contributed by atoms with Gasteiger partial charge in [0.25, 0.3) is 0 Å². The highest BCUT2D eigenvalue weighted by Crippen LogP contribution is 2.12. The summed E-state index contributed by atoms with van der Waals surface area (Å²) in [5.41, 5.74) is 2.29. The Balaban J connectivity index is 0.000000300. The second-order valence-electron chi connectivity index (χ2n) is 5.55. The number of nitrogens with one attached hydrogen (secondary N) is 1. The predicted molar refractivity (Wildman–Crippen MR) is 101 cm³/mol. The Bertz CT molecular complexity index is 594. The van der Waals surface area contributed by atoms with Crippen LogP contribution in [-0.2, 0) is 11.3 Å².